The average Bonchev–Trinajstić information content (AvgIpc) is 3.50. The summed E-state index contributed by atoms with van der Waals surface area (Å²) in [7, 11) is 0. The van der Waals surface area contributed by atoms with Crippen molar-refractivity contribution in [2.45, 2.75) is 30.8 Å². The maximum atomic E-state index is 13.5. The number of hydrogen-bond donors (Lipinski definition) is 1. The van der Waals surface area contributed by atoms with Crippen LogP contribution in [0.5, 0.6) is 0 Å². The van der Waals surface area contributed by atoms with Crippen molar-refractivity contribution in [2.24, 2.45) is 0 Å². The Morgan fingerprint density at radius 3 is 2.84 bits per heavy atom. The molecule has 0 fully saturated rings. The van der Waals surface area contributed by atoms with Gasteiger partial charge < -0.3 is 9.73 Å². The van der Waals surface area contributed by atoms with Gasteiger partial charge in [-0.05, 0) is 44.2 Å². The number of carbonyl (C=O) groups is 1. The molecule has 7 nitrogen and oxygen atoms in total. The lowest BCUT2D eigenvalue weighted by atomic mass is 10.2. The topological polar surface area (TPSA) is 85.8 Å². The highest BCUT2D eigenvalue weighted by molar-refractivity contribution is 8.00. The monoisotopic (exact) mass is 461 g/mol. The minimum Gasteiger partial charge on any atom is -0.461 e. The zero-order valence-corrected chi connectivity index (χ0v) is 18.1. The van der Waals surface area contributed by atoms with Crippen LogP contribution in [0, 0.1) is 11.6 Å². The molecule has 4 aromatic rings. The fourth-order valence-electron chi connectivity index (χ4n) is 2.79. The second-order valence-corrected chi connectivity index (χ2v) is 8.61. The first-order chi connectivity index (χ1) is 15.0. The number of nitrogens with zero attached hydrogens (tertiary/aromatic N) is 4. The Balaban J connectivity index is 1.44. The Bertz CT molecular complexity index is 1210. The summed E-state index contributed by atoms with van der Waals surface area (Å²) in [4.78, 5) is 16.9. The van der Waals surface area contributed by atoms with Crippen molar-refractivity contribution < 1.29 is 18.0 Å². The molecule has 1 amide bonds. The predicted molar refractivity (Wildman–Crippen MR) is 115 cm³/mol. The zero-order chi connectivity index (χ0) is 22.0. The van der Waals surface area contributed by atoms with Gasteiger partial charge in [-0.2, -0.15) is 0 Å². The molecular formula is C20H17F2N5O2S2. The van der Waals surface area contributed by atoms with Crippen LogP contribution >= 0.6 is 23.1 Å². The molecular weight excluding hydrogens is 444 g/mol. The smallest absolute Gasteiger partial charge is 0.239 e. The van der Waals surface area contributed by atoms with Crippen molar-refractivity contribution in [2.75, 3.05) is 5.32 Å². The van der Waals surface area contributed by atoms with Crippen molar-refractivity contribution >= 4 is 34.1 Å². The number of thioether (sulfide) groups is 1. The fraction of sp³-hybridized carbons (Fsp3) is 0.200. The number of amides is 1. The van der Waals surface area contributed by atoms with Crippen LogP contribution in [-0.4, -0.2) is 30.9 Å². The van der Waals surface area contributed by atoms with Gasteiger partial charge in [-0.3, -0.25) is 9.36 Å². The van der Waals surface area contributed by atoms with Crippen LogP contribution < -0.4 is 5.32 Å². The summed E-state index contributed by atoms with van der Waals surface area (Å²) < 4.78 is 33.9. The molecule has 0 bridgehead atoms. The lowest BCUT2D eigenvalue weighted by Crippen LogP contribution is -2.22. The summed E-state index contributed by atoms with van der Waals surface area (Å²) >= 11 is 2.47. The summed E-state index contributed by atoms with van der Waals surface area (Å²) in [6, 6.07) is 7.12. The largest absolute Gasteiger partial charge is 0.461 e. The summed E-state index contributed by atoms with van der Waals surface area (Å²) in [5, 5.41) is 13.3. The van der Waals surface area contributed by atoms with Crippen LogP contribution in [-0.2, 0) is 11.3 Å². The van der Waals surface area contributed by atoms with Crippen molar-refractivity contribution in [3.05, 3.63) is 53.6 Å². The van der Waals surface area contributed by atoms with Gasteiger partial charge in [-0.1, -0.05) is 11.8 Å². The van der Waals surface area contributed by atoms with Gasteiger partial charge in [0, 0.05) is 17.5 Å². The molecule has 11 heteroatoms. The summed E-state index contributed by atoms with van der Waals surface area (Å²) in [5.74, 6) is -0.936. The van der Waals surface area contributed by atoms with Crippen LogP contribution in [0.3, 0.4) is 0 Å². The van der Waals surface area contributed by atoms with Crippen molar-refractivity contribution in [3.63, 3.8) is 0 Å². The second-order valence-electron chi connectivity index (χ2n) is 6.44. The molecule has 0 aliphatic rings. The lowest BCUT2D eigenvalue weighted by Gasteiger charge is -2.11. The van der Waals surface area contributed by atoms with Gasteiger partial charge in [0.05, 0.1) is 17.2 Å². The van der Waals surface area contributed by atoms with Crippen LogP contribution in [0.1, 0.15) is 13.8 Å². The highest BCUT2D eigenvalue weighted by Gasteiger charge is 2.22. The number of halogens is 2. The maximum Gasteiger partial charge on any atom is 0.239 e. The second kappa shape index (κ2) is 8.98. The van der Waals surface area contributed by atoms with Crippen molar-refractivity contribution in [1.82, 2.24) is 19.7 Å². The number of hydrogen-bond acceptors (Lipinski definition) is 7. The van der Waals surface area contributed by atoms with E-state index in [1.165, 1.54) is 29.2 Å². The highest BCUT2D eigenvalue weighted by Crippen LogP contribution is 2.29. The minimum atomic E-state index is -0.949. The molecule has 1 aromatic carbocycles. The van der Waals surface area contributed by atoms with Crippen LogP contribution in [0.4, 0.5) is 13.9 Å². The van der Waals surface area contributed by atoms with Gasteiger partial charge >= 0.3 is 0 Å². The minimum absolute atomic E-state index is 0.263. The van der Waals surface area contributed by atoms with E-state index in [1.807, 2.05) is 11.5 Å². The molecule has 0 saturated heterocycles. The molecule has 0 radical (unpaired) electrons. The van der Waals surface area contributed by atoms with Crippen LogP contribution in [0.15, 0.2) is 51.5 Å². The van der Waals surface area contributed by atoms with Gasteiger partial charge in [0.25, 0.3) is 0 Å². The Kier molecular flexibility index (Phi) is 6.14. The van der Waals surface area contributed by atoms with E-state index in [4.69, 9.17) is 4.42 Å². The third-order valence-corrected chi connectivity index (χ3v) is 6.21. The first-order valence-corrected chi connectivity index (χ1v) is 11.1. The van der Waals surface area contributed by atoms with Gasteiger partial charge in [-0.15, -0.1) is 21.5 Å². The van der Waals surface area contributed by atoms with E-state index in [2.05, 4.69) is 20.5 Å². The third-order valence-electron chi connectivity index (χ3n) is 4.38. The van der Waals surface area contributed by atoms with E-state index in [-0.39, 0.29) is 5.91 Å². The predicted octanol–water partition coefficient (Wildman–Crippen LogP) is 5.08. The average molecular weight is 462 g/mol. The molecule has 3 heterocycles. The molecule has 160 valence electrons. The summed E-state index contributed by atoms with van der Waals surface area (Å²) in [5.41, 5.74) is 0.882. The first-order valence-electron chi connectivity index (χ1n) is 9.31. The molecule has 1 unspecified atom stereocenters. The van der Waals surface area contributed by atoms with Gasteiger partial charge in [0.2, 0.25) is 5.91 Å². The molecule has 0 aliphatic heterocycles. The van der Waals surface area contributed by atoms with Crippen molar-refractivity contribution in [1.29, 1.82) is 0 Å². The normalized spacial score (nSPS) is 12.1. The standard InChI is InChI=1S/C20H17F2N5O2S2/c1-3-27-17(16-5-4-8-29-16)25-26-20(27)31-11(2)18(28)24-19-23-15(10-30-19)12-6-7-13(21)14(22)9-12/h4-11H,3H2,1-2H3,(H,23,24,28). The summed E-state index contributed by atoms with van der Waals surface area (Å²) in [6.07, 6.45) is 1.56. The van der Waals surface area contributed by atoms with Gasteiger partial charge in [0.15, 0.2) is 33.5 Å². The van der Waals surface area contributed by atoms with E-state index < -0.39 is 16.9 Å². The van der Waals surface area contributed by atoms with E-state index in [9.17, 15) is 13.6 Å². The Labute approximate surface area is 184 Å². The van der Waals surface area contributed by atoms with Crippen LogP contribution in [0.2, 0.25) is 0 Å². The van der Waals surface area contributed by atoms with Crippen molar-refractivity contribution in [3.8, 4) is 22.8 Å². The van der Waals surface area contributed by atoms with E-state index in [0.29, 0.717) is 39.7 Å². The summed E-state index contributed by atoms with van der Waals surface area (Å²) in [6.45, 7) is 4.33. The number of nitrogens with one attached hydrogen (secondary N) is 1. The molecule has 0 aliphatic carbocycles. The number of aromatic nitrogens is 4. The fourth-order valence-corrected chi connectivity index (χ4v) is 4.42. The van der Waals surface area contributed by atoms with E-state index >= 15 is 0 Å². The lowest BCUT2D eigenvalue weighted by molar-refractivity contribution is -0.115. The SMILES string of the molecule is CCn1c(SC(C)C(=O)Nc2nc(-c3ccc(F)c(F)c3)cs2)nnc1-c1ccco1. The molecule has 31 heavy (non-hydrogen) atoms. The zero-order valence-electron chi connectivity index (χ0n) is 16.5. The van der Waals surface area contributed by atoms with Crippen LogP contribution in [0.25, 0.3) is 22.8 Å². The molecule has 3 aromatic heterocycles. The molecule has 0 spiro atoms. The number of furan rings is 1. The number of thiazole rings is 1. The molecule has 1 N–H and O–H groups in total. The Morgan fingerprint density at radius 1 is 1.29 bits per heavy atom. The number of anilines is 1. The van der Waals surface area contributed by atoms with E-state index in [0.717, 1.165) is 12.1 Å². The van der Waals surface area contributed by atoms with Gasteiger partial charge in [0.1, 0.15) is 0 Å². The first kappa shape index (κ1) is 21.2. The Hall–Kier alpha value is -3.05. The van der Waals surface area contributed by atoms with Gasteiger partial charge in [-0.25, -0.2) is 13.8 Å². The third kappa shape index (κ3) is 4.52. The quantitative estimate of drug-likeness (QED) is 0.386. The molecule has 1 atom stereocenters. The molecule has 4 rings (SSSR count). The number of carbonyl (C=O) groups excluding carboxylic acids is 1. The number of benzene rings is 1. The Morgan fingerprint density at radius 2 is 2.13 bits per heavy atom. The molecule has 0 saturated carbocycles. The highest BCUT2D eigenvalue weighted by atomic mass is 32.2. The maximum absolute atomic E-state index is 13.5. The number of rotatable bonds is 7. The van der Waals surface area contributed by atoms with E-state index in [1.54, 1.807) is 30.7 Å².